The average Bonchev–Trinajstić information content (AvgIpc) is 2.05. The average molecular weight is 231 g/mol. The Labute approximate surface area is 82.3 Å². The Morgan fingerprint density at radius 2 is 1.83 bits per heavy atom. The van der Waals surface area contributed by atoms with Gasteiger partial charge in [0.2, 0.25) is 0 Å². The lowest BCUT2D eigenvalue weighted by atomic mass is 10.2. The van der Waals surface area contributed by atoms with Gasteiger partial charge in [-0.3, -0.25) is 0 Å². The highest BCUT2D eigenvalue weighted by atomic mass is 79.9. The summed E-state index contributed by atoms with van der Waals surface area (Å²) in [4.78, 5) is 4.10. The van der Waals surface area contributed by atoms with Gasteiger partial charge in [-0.05, 0) is 41.4 Å². The number of rotatable bonds is 0. The van der Waals surface area contributed by atoms with Gasteiger partial charge in [0.25, 0.3) is 0 Å². The first-order valence-corrected chi connectivity index (χ1v) is 4.80. The lowest BCUT2D eigenvalue weighted by Gasteiger charge is -2.01. The number of pyridine rings is 1. The van der Waals surface area contributed by atoms with E-state index >= 15 is 0 Å². The maximum atomic E-state index is 5.56. The lowest BCUT2D eigenvalue weighted by molar-refractivity contribution is 1.16. The zero-order valence-electron chi connectivity index (χ0n) is 7.98. The Kier molecular flexibility index (Phi) is 4.90. The Morgan fingerprint density at radius 1 is 1.33 bits per heavy atom. The number of halogens is 1. The van der Waals surface area contributed by atoms with Crippen molar-refractivity contribution in [3.05, 3.63) is 21.8 Å². The molecule has 0 aromatic carbocycles. The van der Waals surface area contributed by atoms with Gasteiger partial charge in [-0.2, -0.15) is 0 Å². The van der Waals surface area contributed by atoms with Gasteiger partial charge in [-0.15, -0.1) is 0 Å². The third kappa shape index (κ3) is 2.81. The van der Waals surface area contributed by atoms with E-state index in [1.54, 1.807) is 0 Å². The molecule has 1 rings (SSSR count). The minimum Gasteiger partial charge on any atom is -0.383 e. The molecular weight excluding hydrogens is 216 g/mol. The fourth-order valence-electron chi connectivity index (χ4n) is 0.691. The van der Waals surface area contributed by atoms with Gasteiger partial charge in [0, 0.05) is 4.47 Å². The maximum absolute atomic E-state index is 5.56. The van der Waals surface area contributed by atoms with E-state index in [0.29, 0.717) is 5.82 Å². The number of nitrogens with two attached hydrogens (primary N) is 1. The molecule has 1 aromatic rings. The minimum absolute atomic E-state index is 0.612. The van der Waals surface area contributed by atoms with Crippen LogP contribution in [0.3, 0.4) is 0 Å². The highest BCUT2D eigenvalue weighted by Crippen LogP contribution is 2.18. The van der Waals surface area contributed by atoms with Crippen LogP contribution in [-0.2, 0) is 0 Å². The Morgan fingerprint density at radius 3 is 2.25 bits per heavy atom. The topological polar surface area (TPSA) is 38.9 Å². The summed E-state index contributed by atoms with van der Waals surface area (Å²) in [5.74, 6) is 0.612. The normalized spacial score (nSPS) is 8.75. The van der Waals surface area contributed by atoms with Crippen LogP contribution in [-0.4, -0.2) is 4.98 Å². The second-order valence-electron chi connectivity index (χ2n) is 2.26. The van der Waals surface area contributed by atoms with Gasteiger partial charge in [0.05, 0.1) is 5.69 Å². The van der Waals surface area contributed by atoms with Gasteiger partial charge < -0.3 is 5.73 Å². The number of hydrogen-bond donors (Lipinski definition) is 1. The van der Waals surface area contributed by atoms with Gasteiger partial charge in [-0.1, -0.05) is 13.8 Å². The van der Waals surface area contributed by atoms with Crippen molar-refractivity contribution in [2.45, 2.75) is 27.7 Å². The molecule has 0 fully saturated rings. The summed E-state index contributed by atoms with van der Waals surface area (Å²) in [6.07, 6.45) is 0. The van der Waals surface area contributed by atoms with E-state index in [2.05, 4.69) is 20.9 Å². The van der Waals surface area contributed by atoms with Gasteiger partial charge in [-0.25, -0.2) is 4.98 Å². The predicted molar refractivity (Wildman–Crippen MR) is 57.2 cm³/mol. The summed E-state index contributed by atoms with van der Waals surface area (Å²) in [6.45, 7) is 7.85. The smallest absolute Gasteiger partial charge is 0.126 e. The highest BCUT2D eigenvalue weighted by molar-refractivity contribution is 9.10. The summed E-state index contributed by atoms with van der Waals surface area (Å²) < 4.78 is 1.01. The van der Waals surface area contributed by atoms with Crippen LogP contribution in [0, 0.1) is 13.8 Å². The van der Waals surface area contributed by atoms with E-state index < -0.39 is 0 Å². The molecule has 0 saturated carbocycles. The number of nitrogen functional groups attached to an aromatic ring is 1. The van der Waals surface area contributed by atoms with Crippen molar-refractivity contribution in [3.63, 3.8) is 0 Å². The van der Waals surface area contributed by atoms with Crippen molar-refractivity contribution in [2.24, 2.45) is 0 Å². The molecule has 1 aromatic heterocycles. The minimum atomic E-state index is 0.612. The molecule has 0 aliphatic heterocycles. The SMILES string of the molecule is CC.Cc1cc(Br)c(C)nc1N. The number of aromatic nitrogens is 1. The van der Waals surface area contributed by atoms with Crippen LogP contribution in [0.4, 0.5) is 5.82 Å². The standard InChI is InChI=1S/C7H9BrN2.C2H6/c1-4-3-6(8)5(2)10-7(4)9;1-2/h3H,1-2H3,(H2,9,10);1-2H3. The summed E-state index contributed by atoms with van der Waals surface area (Å²) >= 11 is 3.36. The van der Waals surface area contributed by atoms with Gasteiger partial charge in [0.1, 0.15) is 5.82 Å². The molecule has 0 aliphatic rings. The summed E-state index contributed by atoms with van der Waals surface area (Å²) in [6, 6.07) is 1.97. The first kappa shape index (κ1) is 11.4. The third-order valence-electron chi connectivity index (χ3n) is 1.38. The van der Waals surface area contributed by atoms with E-state index in [4.69, 9.17) is 5.73 Å². The van der Waals surface area contributed by atoms with Crippen LogP contribution in [0.1, 0.15) is 25.1 Å². The van der Waals surface area contributed by atoms with Crippen molar-refractivity contribution in [3.8, 4) is 0 Å². The lowest BCUT2D eigenvalue weighted by Crippen LogP contribution is -1.95. The number of aryl methyl sites for hydroxylation is 2. The Hall–Kier alpha value is -0.570. The van der Waals surface area contributed by atoms with E-state index in [1.807, 2.05) is 33.8 Å². The van der Waals surface area contributed by atoms with E-state index in [9.17, 15) is 0 Å². The fraction of sp³-hybridized carbons (Fsp3) is 0.444. The predicted octanol–water partition coefficient (Wildman–Crippen LogP) is 3.07. The third-order valence-corrected chi connectivity index (χ3v) is 2.18. The van der Waals surface area contributed by atoms with E-state index in [1.165, 1.54) is 0 Å². The van der Waals surface area contributed by atoms with Gasteiger partial charge in [0.15, 0.2) is 0 Å². The van der Waals surface area contributed by atoms with E-state index in [-0.39, 0.29) is 0 Å². The van der Waals surface area contributed by atoms with Crippen molar-refractivity contribution >= 4 is 21.7 Å². The molecule has 0 saturated heterocycles. The first-order valence-electron chi connectivity index (χ1n) is 4.00. The summed E-state index contributed by atoms with van der Waals surface area (Å²) in [5.41, 5.74) is 7.50. The molecule has 0 unspecified atom stereocenters. The zero-order chi connectivity index (χ0) is 9.72. The molecule has 0 amide bonds. The molecule has 0 radical (unpaired) electrons. The number of hydrogen-bond acceptors (Lipinski definition) is 2. The molecule has 2 nitrogen and oxygen atoms in total. The molecule has 0 atom stereocenters. The van der Waals surface area contributed by atoms with Crippen LogP contribution >= 0.6 is 15.9 Å². The van der Waals surface area contributed by atoms with Crippen LogP contribution in [0.25, 0.3) is 0 Å². The van der Waals surface area contributed by atoms with Crippen molar-refractivity contribution in [2.75, 3.05) is 5.73 Å². The maximum Gasteiger partial charge on any atom is 0.126 e. The van der Waals surface area contributed by atoms with E-state index in [0.717, 1.165) is 15.7 Å². The molecule has 2 N–H and O–H groups in total. The largest absolute Gasteiger partial charge is 0.383 e. The fourth-order valence-corrected chi connectivity index (χ4v) is 1.12. The van der Waals surface area contributed by atoms with Crippen LogP contribution in [0.5, 0.6) is 0 Å². The Bertz CT molecular complexity index is 209. The van der Waals surface area contributed by atoms with Crippen molar-refractivity contribution in [1.29, 1.82) is 0 Å². The zero-order valence-corrected chi connectivity index (χ0v) is 9.57. The second kappa shape index (κ2) is 5.14. The molecule has 0 spiro atoms. The number of nitrogens with zero attached hydrogens (tertiary/aromatic N) is 1. The molecule has 0 aliphatic carbocycles. The quantitative estimate of drug-likeness (QED) is 0.745. The monoisotopic (exact) mass is 230 g/mol. The number of anilines is 1. The molecule has 3 heteroatoms. The molecule has 1 heterocycles. The van der Waals surface area contributed by atoms with Gasteiger partial charge >= 0.3 is 0 Å². The molecular formula is C9H15BrN2. The van der Waals surface area contributed by atoms with Crippen LogP contribution < -0.4 is 5.73 Å². The Balaban J connectivity index is 0.000000561. The molecule has 0 bridgehead atoms. The van der Waals surface area contributed by atoms with Crippen molar-refractivity contribution < 1.29 is 0 Å². The summed E-state index contributed by atoms with van der Waals surface area (Å²) in [5, 5.41) is 0. The van der Waals surface area contributed by atoms with Crippen LogP contribution in [0.2, 0.25) is 0 Å². The molecule has 68 valence electrons. The van der Waals surface area contributed by atoms with Crippen molar-refractivity contribution in [1.82, 2.24) is 4.98 Å². The van der Waals surface area contributed by atoms with Crippen LogP contribution in [0.15, 0.2) is 10.5 Å². The second-order valence-corrected chi connectivity index (χ2v) is 3.11. The summed E-state index contributed by atoms with van der Waals surface area (Å²) in [7, 11) is 0. The first-order chi connectivity index (χ1) is 5.61. The highest BCUT2D eigenvalue weighted by Gasteiger charge is 1.98. The molecule has 12 heavy (non-hydrogen) atoms.